The van der Waals surface area contributed by atoms with Crippen LogP contribution in [0.15, 0.2) is 30.3 Å². The summed E-state index contributed by atoms with van der Waals surface area (Å²) in [4.78, 5) is 33.0. The lowest BCUT2D eigenvalue weighted by molar-refractivity contribution is -0.315. The minimum absolute atomic E-state index is 0.124. The Morgan fingerprint density at radius 3 is 2.33 bits per heavy atom. The van der Waals surface area contributed by atoms with Crippen LogP contribution in [-0.2, 0) is 9.36 Å². The summed E-state index contributed by atoms with van der Waals surface area (Å²) >= 11 is 0. The molecule has 1 rings (SSSR count). The smallest absolute Gasteiger partial charge is 0.137 e. The second-order valence-corrected chi connectivity index (χ2v) is 6.73. The molecule has 0 saturated heterocycles. The SMILES string of the molecule is CC(=O)C(CCCCCCOc1ccccc1)P(=O)([O-])[O-]. The van der Waals surface area contributed by atoms with Gasteiger partial charge in [-0.2, -0.15) is 0 Å². The molecule has 6 heteroatoms. The number of benzene rings is 1. The van der Waals surface area contributed by atoms with Crippen molar-refractivity contribution in [2.45, 2.75) is 44.7 Å². The first-order valence-electron chi connectivity index (χ1n) is 7.11. The fraction of sp³-hybridized carbons (Fsp3) is 0.533. The zero-order chi connectivity index (χ0) is 15.7. The van der Waals surface area contributed by atoms with Crippen molar-refractivity contribution in [1.82, 2.24) is 0 Å². The fourth-order valence-corrected chi connectivity index (χ4v) is 3.03. The van der Waals surface area contributed by atoms with Crippen LogP contribution in [0.4, 0.5) is 0 Å². The Morgan fingerprint density at radius 2 is 1.76 bits per heavy atom. The Morgan fingerprint density at radius 1 is 1.14 bits per heavy atom. The third-order valence-corrected chi connectivity index (χ3v) is 4.62. The van der Waals surface area contributed by atoms with E-state index in [0.29, 0.717) is 13.0 Å². The Hall–Kier alpha value is -1.16. The number of para-hydroxylation sites is 1. The van der Waals surface area contributed by atoms with Crippen LogP contribution in [0.1, 0.15) is 39.0 Å². The van der Waals surface area contributed by atoms with E-state index in [1.807, 2.05) is 30.3 Å². The second-order valence-electron chi connectivity index (χ2n) is 5.03. The molecule has 0 amide bonds. The molecule has 0 N–H and O–H groups in total. The van der Waals surface area contributed by atoms with Crippen molar-refractivity contribution in [2.75, 3.05) is 6.61 Å². The van der Waals surface area contributed by atoms with Crippen LogP contribution < -0.4 is 14.5 Å². The maximum absolute atomic E-state index is 11.1. The van der Waals surface area contributed by atoms with E-state index in [-0.39, 0.29) is 6.42 Å². The van der Waals surface area contributed by atoms with Crippen molar-refractivity contribution in [3.8, 4) is 5.75 Å². The normalized spacial score (nSPS) is 12.9. The van der Waals surface area contributed by atoms with Crippen molar-refractivity contribution in [3.63, 3.8) is 0 Å². The predicted octanol–water partition coefficient (Wildman–Crippen LogP) is 1.89. The van der Waals surface area contributed by atoms with Gasteiger partial charge in [0.1, 0.15) is 11.5 Å². The molecule has 118 valence electrons. The number of rotatable bonds is 10. The molecule has 0 spiro atoms. The van der Waals surface area contributed by atoms with Crippen molar-refractivity contribution in [2.24, 2.45) is 0 Å². The van der Waals surface area contributed by atoms with Gasteiger partial charge in [-0.1, -0.05) is 45.1 Å². The number of hydrogen-bond acceptors (Lipinski definition) is 5. The van der Waals surface area contributed by atoms with Crippen molar-refractivity contribution < 1.29 is 23.9 Å². The van der Waals surface area contributed by atoms with Gasteiger partial charge < -0.3 is 19.1 Å². The van der Waals surface area contributed by atoms with Crippen LogP contribution in [0.5, 0.6) is 5.75 Å². The molecular formula is C15H21O5P-2. The third kappa shape index (κ3) is 7.42. The Balaban J connectivity index is 2.11. The first-order valence-corrected chi connectivity index (χ1v) is 8.72. The number of ketones is 1. The van der Waals surface area contributed by atoms with E-state index in [9.17, 15) is 19.1 Å². The lowest BCUT2D eigenvalue weighted by atomic mass is 10.1. The Labute approximate surface area is 125 Å². The van der Waals surface area contributed by atoms with Crippen molar-refractivity contribution >= 4 is 13.4 Å². The Bertz CT molecular complexity index is 468. The molecule has 1 unspecified atom stereocenters. The molecule has 5 nitrogen and oxygen atoms in total. The molecule has 1 aromatic rings. The van der Waals surface area contributed by atoms with Gasteiger partial charge in [0.05, 0.1) is 6.61 Å². The Kier molecular flexibility index (Phi) is 7.65. The first-order chi connectivity index (χ1) is 9.91. The summed E-state index contributed by atoms with van der Waals surface area (Å²) in [6, 6.07) is 9.50. The molecule has 0 fully saturated rings. The van der Waals surface area contributed by atoms with Crippen LogP contribution in [-0.4, -0.2) is 18.0 Å². The molecule has 0 aliphatic heterocycles. The summed E-state index contributed by atoms with van der Waals surface area (Å²) < 4.78 is 16.5. The highest BCUT2D eigenvalue weighted by Gasteiger charge is 2.17. The zero-order valence-electron chi connectivity index (χ0n) is 12.2. The van der Waals surface area contributed by atoms with Gasteiger partial charge in [-0.15, -0.1) is 0 Å². The van der Waals surface area contributed by atoms with Crippen LogP contribution in [0, 0.1) is 0 Å². The third-order valence-electron chi connectivity index (χ3n) is 3.23. The summed E-state index contributed by atoms with van der Waals surface area (Å²) in [6.45, 7) is 1.75. The van der Waals surface area contributed by atoms with E-state index in [1.165, 1.54) is 0 Å². The van der Waals surface area contributed by atoms with E-state index < -0.39 is 19.0 Å². The largest absolute Gasteiger partial charge is 0.810 e. The van der Waals surface area contributed by atoms with Crippen molar-refractivity contribution in [3.05, 3.63) is 30.3 Å². The topological polar surface area (TPSA) is 89.5 Å². The van der Waals surface area contributed by atoms with Crippen LogP contribution in [0.3, 0.4) is 0 Å². The van der Waals surface area contributed by atoms with Gasteiger partial charge in [-0.05, 0) is 31.9 Å². The average Bonchev–Trinajstić information content (AvgIpc) is 2.41. The molecule has 0 saturated carbocycles. The molecule has 0 aliphatic carbocycles. The maximum Gasteiger partial charge on any atom is 0.137 e. The van der Waals surface area contributed by atoms with E-state index in [0.717, 1.165) is 31.9 Å². The van der Waals surface area contributed by atoms with E-state index in [4.69, 9.17) is 4.74 Å². The number of ether oxygens (including phenoxy) is 1. The second kappa shape index (κ2) is 8.98. The summed E-state index contributed by atoms with van der Waals surface area (Å²) in [5.41, 5.74) is -1.36. The van der Waals surface area contributed by atoms with Crippen LogP contribution >= 0.6 is 7.60 Å². The fourth-order valence-electron chi connectivity index (χ4n) is 2.08. The lowest BCUT2D eigenvalue weighted by Crippen LogP contribution is -2.31. The first kappa shape index (κ1) is 17.9. The van der Waals surface area contributed by atoms with Gasteiger partial charge in [0.2, 0.25) is 0 Å². The van der Waals surface area contributed by atoms with Gasteiger partial charge in [0, 0.05) is 5.66 Å². The molecule has 0 heterocycles. The summed E-state index contributed by atoms with van der Waals surface area (Å²) in [7, 11) is -4.81. The summed E-state index contributed by atoms with van der Waals surface area (Å²) in [6.07, 6.45) is 3.19. The van der Waals surface area contributed by atoms with Gasteiger partial charge in [0.15, 0.2) is 0 Å². The van der Waals surface area contributed by atoms with E-state index >= 15 is 0 Å². The monoisotopic (exact) mass is 312 g/mol. The highest BCUT2D eigenvalue weighted by Crippen LogP contribution is 2.35. The van der Waals surface area contributed by atoms with Gasteiger partial charge in [-0.3, -0.25) is 4.79 Å². The van der Waals surface area contributed by atoms with Gasteiger partial charge in [0.25, 0.3) is 0 Å². The van der Waals surface area contributed by atoms with Crippen LogP contribution in [0.25, 0.3) is 0 Å². The predicted molar refractivity (Wildman–Crippen MR) is 77.1 cm³/mol. The molecule has 0 bridgehead atoms. The minimum Gasteiger partial charge on any atom is -0.810 e. The molecule has 0 aliphatic rings. The molecule has 1 aromatic carbocycles. The quantitative estimate of drug-likeness (QED) is 0.486. The molecule has 21 heavy (non-hydrogen) atoms. The summed E-state index contributed by atoms with van der Waals surface area (Å²) in [5.74, 6) is 0.267. The highest BCUT2D eigenvalue weighted by molar-refractivity contribution is 7.50. The number of hydrogen-bond donors (Lipinski definition) is 0. The van der Waals surface area contributed by atoms with E-state index in [1.54, 1.807) is 0 Å². The zero-order valence-corrected chi connectivity index (χ0v) is 13.1. The molecule has 0 radical (unpaired) electrons. The maximum atomic E-state index is 11.1. The van der Waals surface area contributed by atoms with Crippen LogP contribution in [0.2, 0.25) is 0 Å². The molecule has 1 atom stereocenters. The van der Waals surface area contributed by atoms with E-state index in [2.05, 4.69) is 0 Å². The van der Waals surface area contributed by atoms with Gasteiger partial charge >= 0.3 is 0 Å². The molecule has 0 aromatic heterocycles. The molecular weight excluding hydrogens is 291 g/mol. The van der Waals surface area contributed by atoms with Gasteiger partial charge in [-0.25, -0.2) is 0 Å². The summed E-state index contributed by atoms with van der Waals surface area (Å²) in [5, 5.41) is 0. The number of unbranched alkanes of at least 4 members (excludes halogenated alkanes) is 3. The highest BCUT2D eigenvalue weighted by atomic mass is 31.2. The van der Waals surface area contributed by atoms with Crippen molar-refractivity contribution in [1.29, 1.82) is 0 Å². The minimum atomic E-state index is -4.81. The lowest BCUT2D eigenvalue weighted by Gasteiger charge is -2.36. The number of Topliss-reactive ketones (excluding diaryl/α,β-unsaturated/α-hetero) is 1. The number of carbonyl (C=O) groups is 1. The number of carbonyl (C=O) groups excluding carboxylic acids is 1. The standard InChI is InChI=1S/C15H23O5P/c1-13(16)15(21(17,18)19)11-7-2-3-8-12-20-14-9-5-4-6-10-14/h4-6,9-10,15H,2-3,7-8,11-12H2,1H3,(H2,17,18,19)/p-2. The average molecular weight is 312 g/mol.